The average Bonchev–Trinajstić information content (AvgIpc) is 3.35. The molecule has 2 saturated heterocycles. The molecule has 0 bridgehead atoms. The molecular formula is C50H60N8O14. The summed E-state index contributed by atoms with van der Waals surface area (Å²) in [5, 5.41) is 49.3. The maximum absolute atomic E-state index is 12.9. The zero-order valence-electron chi connectivity index (χ0n) is 40.8. The number of piperidine rings is 2. The summed E-state index contributed by atoms with van der Waals surface area (Å²) < 4.78 is 10.5. The molecule has 2 aliphatic rings. The van der Waals surface area contributed by atoms with Crippen molar-refractivity contribution in [3.05, 3.63) is 140 Å². The number of nitro groups is 2. The molecule has 2 aliphatic heterocycles. The fourth-order valence-electron chi connectivity index (χ4n) is 8.13. The number of aliphatic carboxylic acids is 2. The van der Waals surface area contributed by atoms with Gasteiger partial charge in [0.15, 0.2) is 0 Å². The molecule has 2 unspecified atom stereocenters. The van der Waals surface area contributed by atoms with Crippen molar-refractivity contribution in [2.75, 3.05) is 51.0 Å². The van der Waals surface area contributed by atoms with Gasteiger partial charge in [0.05, 0.1) is 35.2 Å². The van der Waals surface area contributed by atoms with Crippen molar-refractivity contribution in [1.29, 1.82) is 0 Å². The molecule has 2 heterocycles. The van der Waals surface area contributed by atoms with Gasteiger partial charge in [-0.2, -0.15) is 0 Å². The molecule has 4 aromatic carbocycles. The monoisotopic (exact) mass is 996 g/mol. The number of carboxylic acids is 2. The molecule has 0 aromatic heterocycles. The topological polar surface area (TPSA) is 302 Å². The Hall–Kier alpha value is -8.24. The van der Waals surface area contributed by atoms with Crippen molar-refractivity contribution in [2.24, 2.45) is 0 Å². The molecule has 6 rings (SSSR count). The molecule has 2 fully saturated rings. The molecule has 0 radical (unpaired) electrons. The van der Waals surface area contributed by atoms with E-state index in [0.717, 1.165) is 64.0 Å². The molecule has 4 aromatic rings. The van der Waals surface area contributed by atoms with E-state index in [1.807, 2.05) is 36.4 Å². The highest BCUT2D eigenvalue weighted by atomic mass is 16.6. The number of nitrogens with one attached hydrogen (secondary N) is 4. The summed E-state index contributed by atoms with van der Waals surface area (Å²) in [6.45, 7) is 10.2. The van der Waals surface area contributed by atoms with Gasteiger partial charge >= 0.3 is 11.9 Å². The molecule has 384 valence electrons. The fourth-order valence-corrected chi connectivity index (χ4v) is 8.13. The number of hydrogen-bond acceptors (Lipinski definition) is 14. The van der Waals surface area contributed by atoms with E-state index in [1.165, 1.54) is 51.3 Å². The standard InChI is InChI=1S/2C23H28N4O5.C4H4O4/c2*1-15(17-7-5-4-6-8-17)26-11-9-18(10-12-26)25-23(29)19-13-21(27(30)31)20(24-16(2)28)14-22(19)32-3;5-3(6)1-2-4(7)8/h2*4-8,13-15,18H,9-12H2,1-3H3,(H,24,28)(H,25,29);1-2H,(H,5,6)(H,7,8)/b;;2-1+. The van der Waals surface area contributed by atoms with Crippen LogP contribution in [-0.4, -0.2) is 118 Å². The first kappa shape index (κ1) is 56.3. The first-order valence-corrected chi connectivity index (χ1v) is 22.8. The van der Waals surface area contributed by atoms with Crippen LogP contribution in [0.2, 0.25) is 0 Å². The van der Waals surface area contributed by atoms with Crippen LogP contribution in [0, 0.1) is 20.2 Å². The van der Waals surface area contributed by atoms with Crippen molar-refractivity contribution < 1.29 is 58.3 Å². The van der Waals surface area contributed by atoms with Gasteiger partial charge in [-0.1, -0.05) is 60.7 Å². The number of carboxylic acid groups (broad SMARTS) is 2. The van der Waals surface area contributed by atoms with Crippen molar-refractivity contribution in [1.82, 2.24) is 20.4 Å². The maximum Gasteiger partial charge on any atom is 0.328 e. The van der Waals surface area contributed by atoms with Gasteiger partial charge < -0.3 is 41.0 Å². The summed E-state index contributed by atoms with van der Waals surface area (Å²) >= 11 is 0. The van der Waals surface area contributed by atoms with E-state index in [2.05, 4.69) is 69.2 Å². The second-order valence-corrected chi connectivity index (χ2v) is 16.8. The zero-order chi connectivity index (χ0) is 53.1. The van der Waals surface area contributed by atoms with E-state index in [1.54, 1.807) is 0 Å². The summed E-state index contributed by atoms with van der Waals surface area (Å²) in [7, 11) is 2.75. The Morgan fingerprint density at radius 3 is 1.18 bits per heavy atom. The summed E-state index contributed by atoms with van der Waals surface area (Å²) in [6.07, 6.45) is 4.22. The van der Waals surface area contributed by atoms with Crippen molar-refractivity contribution >= 4 is 58.3 Å². The first-order chi connectivity index (χ1) is 34.2. The number of anilines is 2. The number of hydrogen-bond donors (Lipinski definition) is 6. The minimum absolute atomic E-state index is 0.0147. The second-order valence-electron chi connectivity index (χ2n) is 16.8. The Bertz CT molecular complexity index is 2420. The third-order valence-corrected chi connectivity index (χ3v) is 11.9. The number of amides is 4. The number of methoxy groups -OCH3 is 2. The van der Waals surface area contributed by atoms with Crippen LogP contribution in [0.5, 0.6) is 11.5 Å². The lowest BCUT2D eigenvalue weighted by Gasteiger charge is -2.36. The molecule has 4 amide bonds. The van der Waals surface area contributed by atoms with Gasteiger partial charge in [-0.25, -0.2) is 9.59 Å². The third kappa shape index (κ3) is 16.7. The molecule has 0 saturated carbocycles. The van der Waals surface area contributed by atoms with Crippen LogP contribution >= 0.6 is 0 Å². The van der Waals surface area contributed by atoms with E-state index < -0.39 is 45.4 Å². The largest absolute Gasteiger partial charge is 0.496 e. The average molecular weight is 997 g/mol. The molecular weight excluding hydrogens is 937 g/mol. The van der Waals surface area contributed by atoms with Crippen LogP contribution in [0.15, 0.2) is 97.1 Å². The van der Waals surface area contributed by atoms with Crippen LogP contribution in [0.3, 0.4) is 0 Å². The lowest BCUT2D eigenvalue weighted by Crippen LogP contribution is -2.45. The molecule has 72 heavy (non-hydrogen) atoms. The Balaban J connectivity index is 0.000000271. The summed E-state index contributed by atoms with van der Waals surface area (Å²) in [5.74, 6) is -3.98. The SMILES string of the molecule is COc1cc(NC(C)=O)c([N+](=O)[O-])cc1C(=O)NC1CCN(C(C)c2ccccc2)CC1.COc1cc(NC(C)=O)c([N+](=O)[O-])cc1C(=O)NC1CCN(C(C)c2ccccc2)CC1.O=C(O)/C=C/C(=O)O. The van der Waals surface area contributed by atoms with Gasteiger partial charge in [0.2, 0.25) is 11.8 Å². The van der Waals surface area contributed by atoms with Crippen molar-refractivity contribution in [3.63, 3.8) is 0 Å². The normalized spacial score (nSPS) is 14.9. The summed E-state index contributed by atoms with van der Waals surface area (Å²) in [5.41, 5.74) is 1.88. The quantitative estimate of drug-likeness (QED) is 0.0384. The minimum Gasteiger partial charge on any atom is -0.496 e. The predicted octanol–water partition coefficient (Wildman–Crippen LogP) is 6.75. The van der Waals surface area contributed by atoms with Crippen LogP contribution in [0.1, 0.15) is 97.3 Å². The second kappa shape index (κ2) is 27.2. The Kier molecular flexibility index (Phi) is 21.3. The van der Waals surface area contributed by atoms with Gasteiger partial charge in [-0.05, 0) is 50.7 Å². The number of nitrogens with zero attached hydrogens (tertiary/aromatic N) is 4. The lowest BCUT2D eigenvalue weighted by molar-refractivity contribution is -0.384. The molecule has 2 atom stereocenters. The zero-order valence-corrected chi connectivity index (χ0v) is 40.8. The van der Waals surface area contributed by atoms with Gasteiger partial charge in [0.25, 0.3) is 23.2 Å². The minimum atomic E-state index is -1.26. The van der Waals surface area contributed by atoms with Gasteiger partial charge in [-0.15, -0.1) is 0 Å². The molecule has 0 spiro atoms. The van der Waals surface area contributed by atoms with Crippen LogP contribution < -0.4 is 30.7 Å². The van der Waals surface area contributed by atoms with Gasteiger partial charge in [0, 0.05) is 101 Å². The van der Waals surface area contributed by atoms with Crippen molar-refractivity contribution in [2.45, 2.75) is 77.5 Å². The smallest absolute Gasteiger partial charge is 0.328 e. The van der Waals surface area contributed by atoms with Crippen LogP contribution in [0.4, 0.5) is 22.7 Å². The predicted molar refractivity (Wildman–Crippen MR) is 266 cm³/mol. The van der Waals surface area contributed by atoms with Crippen molar-refractivity contribution in [3.8, 4) is 11.5 Å². The summed E-state index contributed by atoms with van der Waals surface area (Å²) in [4.78, 5) is 94.1. The highest BCUT2D eigenvalue weighted by Crippen LogP contribution is 2.35. The van der Waals surface area contributed by atoms with E-state index in [4.69, 9.17) is 19.7 Å². The number of ether oxygens (including phenoxy) is 2. The number of carbonyl (C=O) groups excluding carboxylic acids is 4. The Morgan fingerprint density at radius 1 is 0.597 bits per heavy atom. The number of likely N-dealkylation sites (tertiary alicyclic amines) is 2. The fraction of sp³-hybridized carbons (Fsp3) is 0.360. The van der Waals surface area contributed by atoms with Crippen LogP contribution in [-0.2, 0) is 19.2 Å². The number of rotatable bonds is 16. The van der Waals surface area contributed by atoms with Gasteiger partial charge in [0.1, 0.15) is 22.9 Å². The van der Waals surface area contributed by atoms with E-state index >= 15 is 0 Å². The molecule has 22 heteroatoms. The van der Waals surface area contributed by atoms with E-state index in [-0.39, 0.29) is 69.5 Å². The van der Waals surface area contributed by atoms with E-state index in [9.17, 15) is 49.0 Å². The first-order valence-electron chi connectivity index (χ1n) is 22.8. The van der Waals surface area contributed by atoms with Gasteiger partial charge in [-0.3, -0.25) is 49.2 Å². The molecule has 22 nitrogen and oxygen atoms in total. The van der Waals surface area contributed by atoms with Crippen LogP contribution in [0.25, 0.3) is 0 Å². The summed E-state index contributed by atoms with van der Waals surface area (Å²) in [6, 6.07) is 26.0. The number of carbonyl (C=O) groups is 6. The maximum atomic E-state index is 12.9. The molecule has 6 N–H and O–H groups in total. The number of nitro benzene ring substituents is 2. The highest BCUT2D eigenvalue weighted by Gasteiger charge is 2.30. The van der Waals surface area contributed by atoms with E-state index in [0.29, 0.717) is 12.2 Å². The number of benzene rings is 4. The Labute approximate surface area is 415 Å². The molecule has 0 aliphatic carbocycles. The lowest BCUT2D eigenvalue weighted by atomic mass is 9.99. The third-order valence-electron chi connectivity index (χ3n) is 11.9. The highest BCUT2D eigenvalue weighted by molar-refractivity contribution is 6.01. The Morgan fingerprint density at radius 2 is 0.917 bits per heavy atom.